The largest absolute Gasteiger partial charge is 0.511 e. The number of aliphatic hydroxyl groups excluding tert-OH is 1. The molecule has 0 saturated carbocycles. The molecule has 0 aromatic heterocycles. The van der Waals surface area contributed by atoms with E-state index in [-0.39, 0.29) is 17.8 Å². The molecule has 1 aliphatic rings. The van der Waals surface area contributed by atoms with Crippen molar-refractivity contribution >= 4 is 11.5 Å². The van der Waals surface area contributed by atoms with Crippen molar-refractivity contribution in [3.8, 4) is 0 Å². The second-order valence-corrected chi connectivity index (χ2v) is 6.57. The molecule has 1 N–H and O–H groups in total. The number of allylic oxidation sites excluding steroid dienone is 1. The minimum Gasteiger partial charge on any atom is -0.511 e. The summed E-state index contributed by atoms with van der Waals surface area (Å²) < 4.78 is 5.99. The van der Waals surface area contributed by atoms with Crippen molar-refractivity contribution in [1.29, 1.82) is 0 Å². The molecule has 3 rings (SSSR count). The quantitative estimate of drug-likeness (QED) is 0.721. The zero-order valence-corrected chi connectivity index (χ0v) is 15.2. The molecular weight excluding hydrogens is 324 g/mol. The van der Waals surface area contributed by atoms with E-state index in [4.69, 9.17) is 4.74 Å². The summed E-state index contributed by atoms with van der Waals surface area (Å²) in [6, 6.07) is 19.3. The van der Waals surface area contributed by atoms with Gasteiger partial charge in [0.25, 0.3) is 0 Å². The average molecular weight is 348 g/mol. The lowest BCUT2D eigenvalue weighted by Gasteiger charge is -2.38. The smallest absolute Gasteiger partial charge is 0.343 e. The maximum absolute atomic E-state index is 13.0. The number of cyclic esters (lactones) is 1. The molecule has 1 unspecified atom stereocenters. The molecule has 0 saturated heterocycles. The number of benzene rings is 2. The van der Waals surface area contributed by atoms with Crippen molar-refractivity contribution in [1.82, 2.24) is 0 Å². The van der Waals surface area contributed by atoms with Gasteiger partial charge in [0, 0.05) is 0 Å². The number of hydrogen-bond acceptors (Lipinski definition) is 3. The van der Waals surface area contributed by atoms with Crippen molar-refractivity contribution in [2.24, 2.45) is 0 Å². The van der Waals surface area contributed by atoms with E-state index >= 15 is 0 Å². The molecule has 0 aliphatic carbocycles. The molecule has 0 fully saturated rings. The van der Waals surface area contributed by atoms with E-state index in [1.54, 1.807) is 0 Å². The number of hydrogen-bond donors (Lipinski definition) is 1. The van der Waals surface area contributed by atoms with E-state index in [1.807, 2.05) is 73.7 Å². The van der Waals surface area contributed by atoms with Crippen LogP contribution in [0.25, 0.3) is 5.57 Å². The maximum Gasteiger partial charge on any atom is 0.343 e. The highest BCUT2D eigenvalue weighted by molar-refractivity contribution is 6.07. The Balaban J connectivity index is 2.06. The number of carbonyl (C=O) groups excluding carboxylic acids is 1. The third-order valence-electron chi connectivity index (χ3n) is 4.83. The van der Waals surface area contributed by atoms with E-state index in [1.165, 1.54) is 0 Å². The van der Waals surface area contributed by atoms with Crippen LogP contribution in [-0.4, -0.2) is 11.1 Å². The zero-order chi connectivity index (χ0) is 18.6. The van der Waals surface area contributed by atoms with Gasteiger partial charge in [0.15, 0.2) is 0 Å². The van der Waals surface area contributed by atoms with Crippen LogP contribution in [0, 0.1) is 0 Å². The van der Waals surface area contributed by atoms with Gasteiger partial charge in [-0.25, -0.2) is 4.79 Å². The second-order valence-electron chi connectivity index (χ2n) is 6.57. The molecule has 26 heavy (non-hydrogen) atoms. The predicted octanol–water partition coefficient (Wildman–Crippen LogP) is 5.54. The SMILES string of the molecule is C/C=C(/C1=C(O)CC(CCC)(c2ccccc2)OC1=O)c1ccccc1. The summed E-state index contributed by atoms with van der Waals surface area (Å²) in [6.45, 7) is 3.91. The highest BCUT2D eigenvalue weighted by Gasteiger charge is 2.43. The Labute approximate surface area is 154 Å². The molecule has 1 atom stereocenters. The summed E-state index contributed by atoms with van der Waals surface area (Å²) in [7, 11) is 0. The average Bonchev–Trinajstić information content (AvgIpc) is 2.66. The fraction of sp³-hybridized carbons (Fsp3) is 0.261. The van der Waals surface area contributed by atoms with Crippen molar-refractivity contribution in [3.63, 3.8) is 0 Å². The van der Waals surface area contributed by atoms with Gasteiger partial charge >= 0.3 is 5.97 Å². The monoisotopic (exact) mass is 348 g/mol. The summed E-state index contributed by atoms with van der Waals surface area (Å²) in [4.78, 5) is 13.0. The Morgan fingerprint density at radius 2 is 1.73 bits per heavy atom. The Morgan fingerprint density at radius 1 is 1.12 bits per heavy atom. The van der Waals surface area contributed by atoms with Gasteiger partial charge in [0.1, 0.15) is 16.9 Å². The lowest BCUT2D eigenvalue weighted by atomic mass is 9.81. The highest BCUT2D eigenvalue weighted by atomic mass is 16.6. The van der Waals surface area contributed by atoms with Crippen LogP contribution in [0.5, 0.6) is 0 Å². The van der Waals surface area contributed by atoms with Gasteiger partial charge in [0.2, 0.25) is 0 Å². The van der Waals surface area contributed by atoms with Gasteiger partial charge in [-0.05, 0) is 30.0 Å². The van der Waals surface area contributed by atoms with Crippen LogP contribution in [0.1, 0.15) is 44.2 Å². The standard InChI is InChI=1S/C23H24O3/c1-3-15-23(18-13-9-6-10-14-18)16-20(24)21(22(25)26-23)19(4-2)17-11-7-5-8-12-17/h4-14,24H,3,15-16H2,1-2H3/b19-4+. The first-order chi connectivity index (χ1) is 12.6. The molecule has 0 amide bonds. The minimum absolute atomic E-state index is 0.0931. The highest BCUT2D eigenvalue weighted by Crippen LogP contribution is 2.43. The Hall–Kier alpha value is -2.81. The van der Waals surface area contributed by atoms with Crippen LogP contribution in [0.2, 0.25) is 0 Å². The van der Waals surface area contributed by atoms with Gasteiger partial charge in [-0.2, -0.15) is 0 Å². The fourth-order valence-electron chi connectivity index (χ4n) is 3.67. The van der Waals surface area contributed by atoms with E-state index < -0.39 is 11.6 Å². The lowest BCUT2D eigenvalue weighted by Crippen LogP contribution is -2.38. The summed E-state index contributed by atoms with van der Waals surface area (Å²) >= 11 is 0. The van der Waals surface area contributed by atoms with E-state index in [9.17, 15) is 9.90 Å². The van der Waals surface area contributed by atoms with Crippen molar-refractivity contribution < 1.29 is 14.6 Å². The van der Waals surface area contributed by atoms with Crippen molar-refractivity contribution in [3.05, 3.63) is 89.2 Å². The van der Waals surface area contributed by atoms with E-state index in [0.29, 0.717) is 12.0 Å². The number of aliphatic hydroxyl groups is 1. The van der Waals surface area contributed by atoms with Crippen LogP contribution < -0.4 is 0 Å². The molecule has 0 radical (unpaired) electrons. The van der Waals surface area contributed by atoms with E-state index in [0.717, 1.165) is 17.5 Å². The third kappa shape index (κ3) is 3.30. The van der Waals surface area contributed by atoms with Crippen molar-refractivity contribution in [2.75, 3.05) is 0 Å². The van der Waals surface area contributed by atoms with Gasteiger partial charge in [0.05, 0.1) is 6.42 Å². The first-order valence-corrected chi connectivity index (χ1v) is 9.04. The molecule has 0 bridgehead atoms. The van der Waals surface area contributed by atoms with Crippen molar-refractivity contribution in [2.45, 2.75) is 38.7 Å². The molecular formula is C23H24O3. The number of rotatable bonds is 5. The van der Waals surface area contributed by atoms with Crippen LogP contribution in [0.3, 0.4) is 0 Å². The Morgan fingerprint density at radius 3 is 2.27 bits per heavy atom. The first-order valence-electron chi connectivity index (χ1n) is 9.04. The molecule has 3 nitrogen and oxygen atoms in total. The molecule has 0 spiro atoms. The van der Waals surface area contributed by atoms with Crippen LogP contribution in [-0.2, 0) is 15.1 Å². The zero-order valence-electron chi connectivity index (χ0n) is 15.2. The molecule has 1 aliphatic heterocycles. The van der Waals surface area contributed by atoms with Crippen LogP contribution in [0.4, 0.5) is 0 Å². The van der Waals surface area contributed by atoms with Crippen LogP contribution in [0.15, 0.2) is 78.1 Å². The summed E-state index contributed by atoms with van der Waals surface area (Å²) in [5.74, 6) is -0.376. The molecule has 2 aromatic carbocycles. The Bertz CT molecular complexity index is 834. The number of ether oxygens (including phenoxy) is 1. The fourth-order valence-corrected chi connectivity index (χ4v) is 3.67. The predicted molar refractivity (Wildman–Crippen MR) is 103 cm³/mol. The van der Waals surface area contributed by atoms with E-state index in [2.05, 4.69) is 6.92 Å². The summed E-state index contributed by atoms with van der Waals surface area (Å²) in [5.41, 5.74) is 1.96. The Kier molecular flexibility index (Phi) is 5.27. The lowest BCUT2D eigenvalue weighted by molar-refractivity contribution is -0.160. The number of carbonyl (C=O) groups is 1. The number of esters is 1. The normalized spacial score (nSPS) is 20.8. The molecule has 1 heterocycles. The maximum atomic E-state index is 13.0. The molecule has 2 aromatic rings. The topological polar surface area (TPSA) is 46.5 Å². The molecule has 3 heteroatoms. The van der Waals surface area contributed by atoms with Gasteiger partial charge < -0.3 is 9.84 Å². The molecule has 134 valence electrons. The third-order valence-corrected chi connectivity index (χ3v) is 4.83. The second kappa shape index (κ2) is 7.61. The van der Waals surface area contributed by atoms with Gasteiger partial charge in [-0.1, -0.05) is 80.1 Å². The van der Waals surface area contributed by atoms with Gasteiger partial charge in [-0.15, -0.1) is 0 Å². The van der Waals surface area contributed by atoms with Gasteiger partial charge in [-0.3, -0.25) is 0 Å². The van der Waals surface area contributed by atoms with Crippen LogP contribution >= 0.6 is 0 Å². The summed E-state index contributed by atoms with van der Waals surface area (Å²) in [5, 5.41) is 10.9. The first kappa shape index (κ1) is 18.0. The minimum atomic E-state index is -0.809. The summed E-state index contributed by atoms with van der Waals surface area (Å²) in [6.07, 6.45) is 3.64.